The minimum Gasteiger partial charge on any atom is -0.447 e. The normalized spacial score (nSPS) is 43.3. The highest BCUT2D eigenvalue weighted by molar-refractivity contribution is 6.04. The first-order chi connectivity index (χ1) is 16.5. The topological polar surface area (TPSA) is 96.4 Å². The number of ketones is 1. The molecule has 1 aromatic rings. The number of carbonyl (C=O) groups excluding carboxylic acids is 2. The maximum atomic E-state index is 14.1. The Kier molecular flexibility index (Phi) is 5.86. The second-order valence-corrected chi connectivity index (χ2v) is 11.7. The molecule has 1 aromatic carbocycles. The summed E-state index contributed by atoms with van der Waals surface area (Å²) in [5.74, 6) is -1.52. The van der Waals surface area contributed by atoms with Gasteiger partial charge in [-0.2, -0.15) is 0 Å². The van der Waals surface area contributed by atoms with Crippen LogP contribution in [0.1, 0.15) is 52.5 Å². The van der Waals surface area contributed by atoms with Crippen molar-refractivity contribution in [2.24, 2.45) is 29.1 Å². The molecule has 5 rings (SSSR count). The highest BCUT2D eigenvalue weighted by Gasteiger charge is 2.71. The van der Waals surface area contributed by atoms with Gasteiger partial charge in [-0.15, -0.1) is 0 Å². The molecule has 0 radical (unpaired) electrons. The number of benzene rings is 1. The van der Waals surface area contributed by atoms with E-state index in [0.29, 0.717) is 11.5 Å². The lowest BCUT2D eigenvalue weighted by molar-refractivity contribution is -0.168. The van der Waals surface area contributed by atoms with E-state index in [0.717, 1.165) is 18.4 Å². The van der Waals surface area contributed by atoms with Crippen LogP contribution >= 0.6 is 0 Å². The number of aliphatic hydroxyl groups is 2. The van der Waals surface area contributed by atoms with Gasteiger partial charge < -0.3 is 19.7 Å². The Morgan fingerprint density at radius 1 is 1.23 bits per heavy atom. The van der Waals surface area contributed by atoms with Crippen LogP contribution < -0.4 is 0 Å². The Labute approximate surface area is 207 Å². The molecule has 0 bridgehead atoms. The number of epoxide rings is 1. The molecule has 1 aliphatic heterocycles. The molecule has 1 heterocycles. The Morgan fingerprint density at radius 2 is 1.94 bits per heavy atom. The summed E-state index contributed by atoms with van der Waals surface area (Å²) < 4.78 is 12.2. The Hall–Kier alpha value is -2.28. The third kappa shape index (κ3) is 4.00. The van der Waals surface area contributed by atoms with Crippen molar-refractivity contribution in [1.29, 1.82) is 0 Å². The molecule has 0 amide bonds. The van der Waals surface area contributed by atoms with Gasteiger partial charge in [0.25, 0.3) is 0 Å². The van der Waals surface area contributed by atoms with Gasteiger partial charge in [0.05, 0.1) is 23.7 Å². The molecule has 2 saturated carbocycles. The van der Waals surface area contributed by atoms with Crippen LogP contribution in [0.5, 0.6) is 0 Å². The summed E-state index contributed by atoms with van der Waals surface area (Å²) in [5, 5.41) is 21.3. The first-order valence-electron chi connectivity index (χ1n) is 12.7. The second kappa shape index (κ2) is 8.39. The van der Waals surface area contributed by atoms with Gasteiger partial charge in [-0.25, -0.2) is 4.79 Å². The highest BCUT2D eigenvalue weighted by Crippen LogP contribution is 2.64. The average Bonchev–Trinajstić information content (AvgIpc) is 3.59. The van der Waals surface area contributed by atoms with Crippen LogP contribution in [-0.4, -0.2) is 52.0 Å². The van der Waals surface area contributed by atoms with Crippen LogP contribution in [0.3, 0.4) is 0 Å². The Morgan fingerprint density at radius 3 is 2.63 bits per heavy atom. The van der Waals surface area contributed by atoms with Crippen molar-refractivity contribution in [2.75, 3.05) is 6.61 Å². The number of Topliss-reactive ketones (excluding diaryl/α,β-unsaturated/α-hetero) is 1. The number of rotatable bonds is 4. The van der Waals surface area contributed by atoms with Crippen molar-refractivity contribution in [3.8, 4) is 0 Å². The third-order valence-corrected chi connectivity index (χ3v) is 9.21. The van der Waals surface area contributed by atoms with Crippen LogP contribution in [0.25, 0.3) is 6.08 Å². The molecule has 3 fully saturated rings. The second-order valence-electron chi connectivity index (χ2n) is 11.7. The van der Waals surface area contributed by atoms with E-state index in [2.05, 4.69) is 13.8 Å². The van der Waals surface area contributed by atoms with Gasteiger partial charge in [0.15, 0.2) is 5.60 Å². The number of hydrogen-bond donors (Lipinski definition) is 2. The lowest BCUT2D eigenvalue weighted by atomic mass is 9.77. The number of carbonyl (C=O) groups is 2. The van der Waals surface area contributed by atoms with Crippen LogP contribution in [0, 0.1) is 29.1 Å². The van der Waals surface area contributed by atoms with Gasteiger partial charge in [-0.1, -0.05) is 50.3 Å². The van der Waals surface area contributed by atoms with E-state index in [1.165, 1.54) is 6.08 Å². The Bertz CT molecular complexity index is 1070. The SMILES string of the molecule is C/C1=C\[C@@H]2[C@H](CC[C@@]3(C)O[C@@H]3[C@H]3[C@@H](O)[C@@H](CO)CC3(OC(=O)/C=C/c3ccccc3)C1=O)C2(C)C. The zero-order valence-corrected chi connectivity index (χ0v) is 20.9. The van der Waals surface area contributed by atoms with Gasteiger partial charge in [-0.3, -0.25) is 4.79 Å². The van der Waals surface area contributed by atoms with E-state index in [1.807, 2.05) is 43.3 Å². The molecule has 6 nitrogen and oxygen atoms in total. The quantitative estimate of drug-likeness (QED) is 0.388. The third-order valence-electron chi connectivity index (χ3n) is 9.21. The van der Waals surface area contributed by atoms with E-state index in [4.69, 9.17) is 9.47 Å². The smallest absolute Gasteiger partial charge is 0.331 e. The van der Waals surface area contributed by atoms with Crippen molar-refractivity contribution < 1.29 is 29.3 Å². The molecular formula is C29H36O6. The molecule has 3 aliphatic carbocycles. The molecule has 1 saturated heterocycles. The van der Waals surface area contributed by atoms with Crippen LogP contribution in [0.4, 0.5) is 0 Å². The number of aliphatic hydroxyl groups excluding tert-OH is 2. The van der Waals surface area contributed by atoms with Crippen molar-refractivity contribution in [3.63, 3.8) is 0 Å². The van der Waals surface area contributed by atoms with Crippen LogP contribution in [0.2, 0.25) is 0 Å². The highest BCUT2D eigenvalue weighted by atomic mass is 16.6. The minimum absolute atomic E-state index is 0.0672. The van der Waals surface area contributed by atoms with Crippen molar-refractivity contribution >= 4 is 17.8 Å². The summed E-state index contributed by atoms with van der Waals surface area (Å²) in [5.41, 5.74) is -0.595. The van der Waals surface area contributed by atoms with Gasteiger partial charge in [0.2, 0.25) is 5.78 Å². The van der Waals surface area contributed by atoms with E-state index in [9.17, 15) is 19.8 Å². The predicted octanol–water partition coefficient (Wildman–Crippen LogP) is 3.71. The van der Waals surface area contributed by atoms with Gasteiger partial charge in [0, 0.05) is 25.0 Å². The fourth-order valence-electron chi connectivity index (χ4n) is 6.85. The predicted molar refractivity (Wildman–Crippen MR) is 131 cm³/mol. The van der Waals surface area contributed by atoms with Crippen molar-refractivity contribution in [3.05, 3.63) is 53.6 Å². The fraction of sp³-hybridized carbons (Fsp3) is 0.586. The molecular weight excluding hydrogens is 444 g/mol. The molecule has 35 heavy (non-hydrogen) atoms. The summed E-state index contributed by atoms with van der Waals surface area (Å²) in [6.07, 6.45) is 5.43. The standard InChI is InChI=1S/C29H36O6/c1-17-14-21-20(27(21,2)3)12-13-28(4)26(35-28)23-24(32)19(16-30)15-29(23,25(17)33)34-22(31)11-10-18-8-6-5-7-9-18/h5-11,14,19-21,23-24,26,30,32H,12-13,15-16H2,1-4H3/b11-10+,17-14+/t19-,20+,21-,23-,24+,26-,28-,29?/m1/s1. The number of ether oxygens (including phenoxy) is 2. The Balaban J connectivity index is 1.54. The fourth-order valence-corrected chi connectivity index (χ4v) is 6.85. The van der Waals surface area contributed by atoms with Crippen molar-refractivity contribution in [2.45, 2.75) is 70.4 Å². The molecule has 4 aliphatic rings. The lowest BCUT2D eigenvalue weighted by Gasteiger charge is -2.34. The molecule has 1 unspecified atom stereocenters. The van der Waals surface area contributed by atoms with Gasteiger partial charge in [0.1, 0.15) is 0 Å². The van der Waals surface area contributed by atoms with E-state index >= 15 is 0 Å². The maximum Gasteiger partial charge on any atom is 0.331 e. The summed E-state index contributed by atoms with van der Waals surface area (Å²) in [6, 6.07) is 9.38. The summed E-state index contributed by atoms with van der Waals surface area (Å²) in [6.45, 7) is 7.96. The van der Waals surface area contributed by atoms with Crippen LogP contribution in [0.15, 0.2) is 48.1 Å². The number of fused-ring (bicyclic) bond motifs is 4. The van der Waals surface area contributed by atoms with E-state index in [1.54, 1.807) is 13.0 Å². The monoisotopic (exact) mass is 480 g/mol. The van der Waals surface area contributed by atoms with Gasteiger partial charge in [-0.05, 0) is 61.2 Å². The van der Waals surface area contributed by atoms with E-state index in [-0.39, 0.29) is 30.1 Å². The molecule has 6 heteroatoms. The number of allylic oxidation sites excluding steroid dienone is 1. The largest absolute Gasteiger partial charge is 0.447 e. The summed E-state index contributed by atoms with van der Waals surface area (Å²) in [7, 11) is 0. The van der Waals surface area contributed by atoms with Gasteiger partial charge >= 0.3 is 5.97 Å². The van der Waals surface area contributed by atoms with Crippen LogP contribution in [-0.2, 0) is 19.1 Å². The maximum absolute atomic E-state index is 14.1. The summed E-state index contributed by atoms with van der Waals surface area (Å²) in [4.78, 5) is 27.2. The van der Waals surface area contributed by atoms with E-state index < -0.39 is 41.2 Å². The zero-order chi connectivity index (χ0) is 25.2. The lowest BCUT2D eigenvalue weighted by Crippen LogP contribution is -2.52. The molecule has 8 atom stereocenters. The average molecular weight is 481 g/mol. The molecule has 188 valence electrons. The molecule has 0 spiro atoms. The van der Waals surface area contributed by atoms with Crippen molar-refractivity contribution in [1.82, 2.24) is 0 Å². The number of hydrogen-bond acceptors (Lipinski definition) is 6. The zero-order valence-electron chi connectivity index (χ0n) is 20.9. The molecule has 0 aromatic heterocycles. The summed E-state index contributed by atoms with van der Waals surface area (Å²) >= 11 is 0. The first-order valence-corrected chi connectivity index (χ1v) is 12.7. The first kappa shape index (κ1) is 24.4. The molecule has 2 N–H and O–H groups in total. The minimum atomic E-state index is -1.59. The number of esters is 1.